The Bertz CT molecular complexity index is 976. The molecule has 4 heteroatoms. The van der Waals surface area contributed by atoms with E-state index in [2.05, 4.69) is 6.58 Å². The molecule has 0 bridgehead atoms. The molecule has 0 spiro atoms. The number of hydrogen-bond donors (Lipinski definition) is 1. The number of benzene rings is 3. The number of aromatic hydroxyl groups is 1. The van der Waals surface area contributed by atoms with Gasteiger partial charge in [0.05, 0.1) is 11.1 Å². The second-order valence-electron chi connectivity index (χ2n) is 5.86. The number of ketones is 2. The first-order chi connectivity index (χ1) is 13.1. The molecule has 0 unspecified atom stereocenters. The van der Waals surface area contributed by atoms with E-state index in [1.165, 1.54) is 18.2 Å². The first kappa shape index (κ1) is 18.1. The van der Waals surface area contributed by atoms with E-state index in [4.69, 9.17) is 4.74 Å². The molecule has 0 saturated heterocycles. The second kappa shape index (κ2) is 8.15. The summed E-state index contributed by atoms with van der Waals surface area (Å²) in [6, 6.07) is 20.0. The normalized spacial score (nSPS) is 10.2. The minimum Gasteiger partial charge on any atom is -0.507 e. The summed E-state index contributed by atoms with van der Waals surface area (Å²) in [5.74, 6) is -0.708. The fourth-order valence-electron chi connectivity index (χ4n) is 2.69. The number of ether oxygens (including phenoxy) is 1. The highest BCUT2D eigenvalue weighted by molar-refractivity contribution is 6.15. The summed E-state index contributed by atoms with van der Waals surface area (Å²) in [6.07, 6.45) is 1.54. The Labute approximate surface area is 157 Å². The molecule has 134 valence electrons. The van der Waals surface area contributed by atoms with Crippen LogP contribution < -0.4 is 4.74 Å². The number of carbonyl (C=O) groups excluding carboxylic acids is 2. The third-order valence-electron chi connectivity index (χ3n) is 4.02. The third-order valence-corrected chi connectivity index (χ3v) is 4.02. The Hall–Kier alpha value is -3.66. The van der Waals surface area contributed by atoms with Crippen molar-refractivity contribution in [2.45, 2.75) is 0 Å². The summed E-state index contributed by atoms with van der Waals surface area (Å²) in [5.41, 5.74) is 1.14. The Kier molecular flexibility index (Phi) is 5.47. The van der Waals surface area contributed by atoms with E-state index in [1.54, 1.807) is 54.6 Å². The van der Waals surface area contributed by atoms with Crippen LogP contribution in [-0.4, -0.2) is 23.3 Å². The average molecular weight is 358 g/mol. The summed E-state index contributed by atoms with van der Waals surface area (Å²) in [5, 5.41) is 10.4. The first-order valence-electron chi connectivity index (χ1n) is 8.42. The number of hydrogen-bond acceptors (Lipinski definition) is 4. The molecule has 0 aliphatic heterocycles. The predicted octanol–water partition coefficient (Wildman–Crippen LogP) is 4.42. The smallest absolute Gasteiger partial charge is 0.196 e. The van der Waals surface area contributed by atoms with Gasteiger partial charge in [-0.3, -0.25) is 9.59 Å². The lowest BCUT2D eigenvalue weighted by atomic mass is 9.96. The standard InChI is InChI=1S/C23H18O4/c1-2-13-27-21-15-20(24)18(22(25)16-9-5-3-6-10-16)14-19(21)23(26)17-11-7-4-8-12-17/h2-12,14-15,24H,1,13H2. The summed E-state index contributed by atoms with van der Waals surface area (Å²) in [6.45, 7) is 3.76. The van der Waals surface area contributed by atoms with Crippen molar-refractivity contribution >= 4 is 11.6 Å². The summed E-state index contributed by atoms with van der Waals surface area (Å²) >= 11 is 0. The minimum atomic E-state index is -0.370. The molecule has 0 amide bonds. The fraction of sp³-hybridized carbons (Fsp3) is 0.0435. The molecule has 27 heavy (non-hydrogen) atoms. The van der Waals surface area contributed by atoms with Crippen molar-refractivity contribution in [3.8, 4) is 11.5 Å². The Morgan fingerprint density at radius 1 is 0.852 bits per heavy atom. The van der Waals surface area contributed by atoms with Gasteiger partial charge in [-0.1, -0.05) is 73.3 Å². The molecule has 0 radical (unpaired) electrons. The predicted molar refractivity (Wildman–Crippen MR) is 104 cm³/mol. The lowest BCUT2D eigenvalue weighted by molar-refractivity contribution is 0.103. The summed E-state index contributed by atoms with van der Waals surface area (Å²) in [4.78, 5) is 25.7. The van der Waals surface area contributed by atoms with Crippen molar-refractivity contribution < 1.29 is 19.4 Å². The van der Waals surface area contributed by atoms with Crippen LogP contribution in [0.4, 0.5) is 0 Å². The largest absolute Gasteiger partial charge is 0.507 e. The molecule has 0 saturated carbocycles. The molecule has 3 rings (SSSR count). The van der Waals surface area contributed by atoms with E-state index < -0.39 is 0 Å². The monoisotopic (exact) mass is 358 g/mol. The van der Waals surface area contributed by atoms with Crippen molar-refractivity contribution in [2.24, 2.45) is 0 Å². The molecule has 3 aromatic carbocycles. The summed E-state index contributed by atoms with van der Waals surface area (Å²) < 4.78 is 5.54. The number of phenolic OH excluding ortho intramolecular Hbond substituents is 1. The van der Waals surface area contributed by atoms with Gasteiger partial charge >= 0.3 is 0 Å². The molecule has 1 N–H and O–H groups in total. The maximum Gasteiger partial charge on any atom is 0.196 e. The van der Waals surface area contributed by atoms with Crippen LogP contribution in [-0.2, 0) is 0 Å². The van der Waals surface area contributed by atoms with Crippen LogP contribution in [0.2, 0.25) is 0 Å². The van der Waals surface area contributed by atoms with E-state index >= 15 is 0 Å². The number of carbonyl (C=O) groups is 2. The first-order valence-corrected chi connectivity index (χ1v) is 8.42. The molecule has 0 aliphatic rings. The van der Waals surface area contributed by atoms with Crippen LogP contribution in [0.5, 0.6) is 11.5 Å². The zero-order valence-corrected chi connectivity index (χ0v) is 14.6. The number of phenols is 1. The van der Waals surface area contributed by atoms with Crippen LogP contribution >= 0.6 is 0 Å². The van der Waals surface area contributed by atoms with Crippen molar-refractivity contribution in [1.29, 1.82) is 0 Å². The zero-order valence-electron chi connectivity index (χ0n) is 14.6. The van der Waals surface area contributed by atoms with Gasteiger partial charge in [0.1, 0.15) is 18.1 Å². The highest BCUT2D eigenvalue weighted by Crippen LogP contribution is 2.31. The maximum atomic E-state index is 13.0. The van der Waals surface area contributed by atoms with Crippen molar-refractivity contribution in [3.63, 3.8) is 0 Å². The van der Waals surface area contributed by atoms with Crippen LogP contribution in [0.1, 0.15) is 31.8 Å². The van der Waals surface area contributed by atoms with Gasteiger partial charge in [-0.05, 0) is 6.07 Å². The number of rotatable bonds is 7. The van der Waals surface area contributed by atoms with Crippen molar-refractivity contribution in [1.82, 2.24) is 0 Å². The Morgan fingerprint density at radius 2 is 1.37 bits per heavy atom. The highest BCUT2D eigenvalue weighted by Gasteiger charge is 2.22. The van der Waals surface area contributed by atoms with Gasteiger partial charge in [0.15, 0.2) is 11.6 Å². The Morgan fingerprint density at radius 3 is 1.89 bits per heavy atom. The SMILES string of the molecule is C=CCOc1cc(O)c(C(=O)c2ccccc2)cc1C(=O)c1ccccc1. The minimum absolute atomic E-state index is 0.0476. The zero-order chi connectivity index (χ0) is 19.2. The maximum absolute atomic E-state index is 13.0. The van der Waals surface area contributed by atoms with Crippen molar-refractivity contribution in [2.75, 3.05) is 6.61 Å². The van der Waals surface area contributed by atoms with Gasteiger partial charge in [-0.25, -0.2) is 0 Å². The van der Waals surface area contributed by atoms with Gasteiger partial charge in [0, 0.05) is 17.2 Å². The van der Waals surface area contributed by atoms with Crippen LogP contribution in [0.15, 0.2) is 85.5 Å². The van der Waals surface area contributed by atoms with E-state index in [0.717, 1.165) is 0 Å². The molecule has 0 atom stereocenters. The van der Waals surface area contributed by atoms with E-state index in [1.807, 2.05) is 6.07 Å². The highest BCUT2D eigenvalue weighted by atomic mass is 16.5. The molecule has 0 heterocycles. The second-order valence-corrected chi connectivity index (χ2v) is 5.86. The van der Waals surface area contributed by atoms with Gasteiger partial charge in [0.25, 0.3) is 0 Å². The van der Waals surface area contributed by atoms with Gasteiger partial charge in [-0.2, -0.15) is 0 Å². The molecule has 0 aliphatic carbocycles. The Balaban J connectivity index is 2.10. The molecular formula is C23H18O4. The topological polar surface area (TPSA) is 63.6 Å². The summed E-state index contributed by atoms with van der Waals surface area (Å²) in [7, 11) is 0. The van der Waals surface area contributed by atoms with Crippen LogP contribution in [0, 0.1) is 0 Å². The van der Waals surface area contributed by atoms with Gasteiger partial charge < -0.3 is 9.84 Å². The third kappa shape index (κ3) is 3.96. The van der Waals surface area contributed by atoms with Crippen LogP contribution in [0.25, 0.3) is 0 Å². The van der Waals surface area contributed by atoms with Crippen LogP contribution in [0.3, 0.4) is 0 Å². The quantitative estimate of drug-likeness (QED) is 0.502. The molecule has 0 fully saturated rings. The molecular weight excluding hydrogens is 340 g/mol. The van der Waals surface area contributed by atoms with Gasteiger partial charge in [0.2, 0.25) is 0 Å². The molecule has 3 aromatic rings. The van der Waals surface area contributed by atoms with E-state index in [-0.39, 0.29) is 40.8 Å². The average Bonchev–Trinajstić information content (AvgIpc) is 2.72. The fourth-order valence-corrected chi connectivity index (χ4v) is 2.69. The molecule has 0 aromatic heterocycles. The molecule has 4 nitrogen and oxygen atoms in total. The van der Waals surface area contributed by atoms with Gasteiger partial charge in [-0.15, -0.1) is 0 Å². The lowest BCUT2D eigenvalue weighted by Crippen LogP contribution is -2.09. The van der Waals surface area contributed by atoms with E-state index in [0.29, 0.717) is 11.1 Å². The van der Waals surface area contributed by atoms with Crippen molar-refractivity contribution in [3.05, 3.63) is 108 Å². The lowest BCUT2D eigenvalue weighted by Gasteiger charge is -2.13. The van der Waals surface area contributed by atoms with E-state index in [9.17, 15) is 14.7 Å².